The van der Waals surface area contributed by atoms with E-state index in [9.17, 15) is 14.4 Å². The summed E-state index contributed by atoms with van der Waals surface area (Å²) in [5, 5.41) is 2.66. The second-order valence-corrected chi connectivity index (χ2v) is 5.05. The number of aromatic nitrogens is 2. The van der Waals surface area contributed by atoms with Gasteiger partial charge in [-0.3, -0.25) is 14.6 Å². The van der Waals surface area contributed by atoms with Crippen LogP contribution >= 0.6 is 15.9 Å². The van der Waals surface area contributed by atoms with Gasteiger partial charge in [-0.05, 0) is 33.6 Å². The summed E-state index contributed by atoms with van der Waals surface area (Å²) in [7, 11) is 0. The van der Waals surface area contributed by atoms with Gasteiger partial charge in [0.15, 0.2) is 0 Å². The Morgan fingerprint density at radius 1 is 1.20 bits per heavy atom. The third-order valence-electron chi connectivity index (χ3n) is 2.61. The van der Waals surface area contributed by atoms with Gasteiger partial charge in [0.05, 0.1) is 0 Å². The van der Waals surface area contributed by atoms with E-state index in [1.54, 1.807) is 12.1 Å². The molecule has 1 amide bonds. The van der Waals surface area contributed by atoms with Crippen LogP contribution < -0.4 is 16.6 Å². The van der Waals surface area contributed by atoms with Gasteiger partial charge in [-0.25, -0.2) is 4.79 Å². The van der Waals surface area contributed by atoms with Crippen LogP contribution in [0.1, 0.15) is 18.2 Å². The van der Waals surface area contributed by atoms with E-state index >= 15 is 0 Å². The maximum absolute atomic E-state index is 11.5. The number of hydrogen-bond donors (Lipinski definition) is 3. The lowest BCUT2D eigenvalue weighted by Crippen LogP contribution is -2.25. The van der Waals surface area contributed by atoms with E-state index in [2.05, 4.69) is 31.2 Å². The lowest BCUT2D eigenvalue weighted by molar-refractivity contribution is -0.114. The molecule has 0 atom stereocenters. The van der Waals surface area contributed by atoms with Crippen molar-refractivity contribution in [1.82, 2.24) is 9.97 Å². The third-order valence-corrected chi connectivity index (χ3v) is 3.45. The Morgan fingerprint density at radius 3 is 2.45 bits per heavy atom. The molecule has 0 aliphatic rings. The van der Waals surface area contributed by atoms with Gasteiger partial charge in [-0.1, -0.05) is 12.1 Å². The van der Waals surface area contributed by atoms with Gasteiger partial charge in [-0.15, -0.1) is 0 Å². The zero-order valence-corrected chi connectivity index (χ0v) is 12.2. The summed E-state index contributed by atoms with van der Waals surface area (Å²) < 4.78 is 0.308. The van der Waals surface area contributed by atoms with E-state index in [-0.39, 0.29) is 5.91 Å². The summed E-state index contributed by atoms with van der Waals surface area (Å²) in [6.07, 6.45) is 0.403. The molecule has 0 unspecified atom stereocenters. The predicted molar refractivity (Wildman–Crippen MR) is 78.9 cm³/mol. The van der Waals surface area contributed by atoms with E-state index < -0.39 is 11.2 Å². The molecule has 3 N–H and O–H groups in total. The molecule has 0 spiro atoms. The zero-order chi connectivity index (χ0) is 14.7. The van der Waals surface area contributed by atoms with Crippen molar-refractivity contribution in [3.63, 3.8) is 0 Å². The zero-order valence-electron chi connectivity index (χ0n) is 10.6. The first-order valence-electron chi connectivity index (χ1n) is 5.83. The lowest BCUT2D eigenvalue weighted by atomic mass is 10.1. The van der Waals surface area contributed by atoms with Crippen LogP contribution in [0.2, 0.25) is 0 Å². The normalized spacial score (nSPS) is 10.3. The van der Waals surface area contributed by atoms with Gasteiger partial charge in [0.25, 0.3) is 5.56 Å². The molecule has 0 aliphatic carbocycles. The first-order valence-corrected chi connectivity index (χ1v) is 6.62. The van der Waals surface area contributed by atoms with Crippen molar-refractivity contribution < 1.29 is 4.79 Å². The van der Waals surface area contributed by atoms with Crippen LogP contribution in [-0.2, 0) is 11.2 Å². The van der Waals surface area contributed by atoms with Gasteiger partial charge in [0.1, 0.15) is 4.47 Å². The average molecular weight is 338 g/mol. The molecule has 0 fully saturated rings. The van der Waals surface area contributed by atoms with Gasteiger partial charge in [0.2, 0.25) is 5.91 Å². The number of anilines is 1. The standard InChI is InChI=1S/C13H12BrN3O3/c1-7(18)15-9-4-2-8(3-5-9)6-10-11(14)12(19)17-13(20)16-10/h2-5H,6H2,1H3,(H,15,18)(H2,16,17,19,20). The summed E-state index contributed by atoms with van der Waals surface area (Å²) in [6.45, 7) is 1.44. The molecule has 104 valence electrons. The Kier molecular flexibility index (Phi) is 4.19. The Bertz CT molecular complexity index is 747. The van der Waals surface area contributed by atoms with Crippen LogP contribution in [0.4, 0.5) is 5.69 Å². The molecule has 0 aliphatic heterocycles. The number of H-pyrrole nitrogens is 2. The van der Waals surface area contributed by atoms with Gasteiger partial charge in [-0.2, -0.15) is 0 Å². The fourth-order valence-electron chi connectivity index (χ4n) is 1.75. The molecule has 2 aromatic rings. The number of halogens is 1. The van der Waals surface area contributed by atoms with E-state index in [4.69, 9.17) is 0 Å². The van der Waals surface area contributed by atoms with Gasteiger partial charge >= 0.3 is 5.69 Å². The fraction of sp³-hybridized carbons (Fsp3) is 0.154. The van der Waals surface area contributed by atoms with Crippen LogP contribution in [0.25, 0.3) is 0 Å². The van der Waals surface area contributed by atoms with Crippen molar-refractivity contribution in [1.29, 1.82) is 0 Å². The molecule has 1 aromatic heterocycles. The second kappa shape index (κ2) is 5.87. The fourth-order valence-corrected chi connectivity index (χ4v) is 2.09. The number of nitrogens with one attached hydrogen (secondary N) is 3. The second-order valence-electron chi connectivity index (χ2n) is 4.26. The number of carbonyl (C=O) groups is 1. The average Bonchev–Trinajstić information content (AvgIpc) is 2.37. The first-order chi connectivity index (χ1) is 9.45. The highest BCUT2D eigenvalue weighted by Gasteiger charge is 2.07. The van der Waals surface area contributed by atoms with Crippen LogP contribution in [0.15, 0.2) is 38.3 Å². The molecule has 2 rings (SSSR count). The lowest BCUT2D eigenvalue weighted by Gasteiger charge is -2.06. The van der Waals surface area contributed by atoms with Crippen LogP contribution in [0.5, 0.6) is 0 Å². The minimum atomic E-state index is -0.539. The molecule has 1 heterocycles. The Labute approximate surface area is 122 Å². The molecule has 0 bridgehead atoms. The topological polar surface area (TPSA) is 94.8 Å². The van der Waals surface area contributed by atoms with Crippen LogP contribution in [0.3, 0.4) is 0 Å². The van der Waals surface area contributed by atoms with Crippen molar-refractivity contribution in [2.75, 3.05) is 5.32 Å². The van der Waals surface area contributed by atoms with E-state index in [1.807, 2.05) is 12.1 Å². The molecule has 0 radical (unpaired) electrons. The van der Waals surface area contributed by atoms with Gasteiger partial charge < -0.3 is 10.3 Å². The molecular weight excluding hydrogens is 326 g/mol. The molecule has 20 heavy (non-hydrogen) atoms. The highest BCUT2D eigenvalue weighted by atomic mass is 79.9. The molecular formula is C13H12BrN3O3. The summed E-state index contributed by atoms with van der Waals surface area (Å²) in [6, 6.07) is 7.15. The highest BCUT2D eigenvalue weighted by Crippen LogP contribution is 2.15. The van der Waals surface area contributed by atoms with Gasteiger partial charge in [0, 0.05) is 24.7 Å². The maximum Gasteiger partial charge on any atom is 0.325 e. The first kappa shape index (κ1) is 14.3. The number of benzene rings is 1. The number of aromatic amines is 2. The quantitative estimate of drug-likeness (QED) is 0.789. The summed E-state index contributed by atoms with van der Waals surface area (Å²) in [4.78, 5) is 38.3. The van der Waals surface area contributed by atoms with Crippen molar-refractivity contribution in [3.05, 3.63) is 60.8 Å². The van der Waals surface area contributed by atoms with Crippen LogP contribution in [-0.4, -0.2) is 15.9 Å². The van der Waals surface area contributed by atoms with Crippen LogP contribution in [0, 0.1) is 0 Å². The predicted octanol–water partition coefficient (Wildman–Crippen LogP) is 1.37. The van der Waals surface area contributed by atoms with Crippen molar-refractivity contribution >= 4 is 27.5 Å². The minimum absolute atomic E-state index is 0.139. The summed E-state index contributed by atoms with van der Waals surface area (Å²) in [5.74, 6) is -0.139. The monoisotopic (exact) mass is 337 g/mol. The van der Waals surface area contributed by atoms with Crippen molar-refractivity contribution in [3.8, 4) is 0 Å². The molecule has 6 nitrogen and oxygen atoms in total. The Morgan fingerprint density at radius 2 is 1.85 bits per heavy atom. The van der Waals surface area contributed by atoms with Crippen molar-refractivity contribution in [2.24, 2.45) is 0 Å². The molecule has 0 saturated carbocycles. The smallest absolute Gasteiger partial charge is 0.325 e. The molecule has 1 aromatic carbocycles. The summed E-state index contributed by atoms with van der Waals surface area (Å²) >= 11 is 3.15. The number of hydrogen-bond acceptors (Lipinski definition) is 3. The number of carbonyl (C=O) groups excluding carboxylic acids is 1. The largest absolute Gasteiger partial charge is 0.326 e. The van der Waals surface area contributed by atoms with E-state index in [1.165, 1.54) is 6.92 Å². The Balaban J connectivity index is 2.24. The molecule has 7 heteroatoms. The Hall–Kier alpha value is -2.15. The highest BCUT2D eigenvalue weighted by molar-refractivity contribution is 9.10. The van der Waals surface area contributed by atoms with E-state index in [0.717, 1.165) is 5.56 Å². The molecule has 0 saturated heterocycles. The third kappa shape index (κ3) is 3.45. The number of amides is 1. The van der Waals surface area contributed by atoms with Crippen molar-refractivity contribution in [2.45, 2.75) is 13.3 Å². The summed E-state index contributed by atoms with van der Waals surface area (Å²) in [5.41, 5.74) is 1.11. The SMILES string of the molecule is CC(=O)Nc1ccc(Cc2[nH]c(=O)[nH]c(=O)c2Br)cc1. The van der Waals surface area contributed by atoms with E-state index in [0.29, 0.717) is 22.3 Å². The minimum Gasteiger partial charge on any atom is -0.326 e. The maximum atomic E-state index is 11.5. The number of rotatable bonds is 3.